The van der Waals surface area contributed by atoms with Crippen molar-refractivity contribution >= 4 is 5.69 Å². The van der Waals surface area contributed by atoms with Gasteiger partial charge in [-0.3, -0.25) is 10.1 Å². The van der Waals surface area contributed by atoms with Crippen molar-refractivity contribution in [1.29, 1.82) is 0 Å². The number of aromatic nitrogens is 4. The Morgan fingerprint density at radius 2 is 1.42 bits per heavy atom. The smallest absolute Gasteiger partial charge is 0.258 e. The molecule has 0 radical (unpaired) electrons. The van der Waals surface area contributed by atoms with Gasteiger partial charge in [0.2, 0.25) is 0 Å². The Hall–Kier alpha value is -3.87. The third-order valence-corrected chi connectivity index (χ3v) is 4.15. The maximum Gasteiger partial charge on any atom is 0.340 e. The minimum absolute atomic E-state index is 0.0315. The molecule has 1 heterocycles. The molecule has 0 unspecified atom stereocenters. The van der Waals surface area contributed by atoms with Gasteiger partial charge in [-0.1, -0.05) is 63.6 Å². The Labute approximate surface area is 182 Å². The third-order valence-electron chi connectivity index (χ3n) is 4.15. The molecule has 7 heteroatoms. The van der Waals surface area contributed by atoms with Crippen molar-refractivity contribution < 1.29 is 9.72 Å². The van der Waals surface area contributed by atoms with E-state index in [0.29, 0.717) is 11.5 Å². The maximum atomic E-state index is 10.9. The van der Waals surface area contributed by atoms with Crippen molar-refractivity contribution in [3.63, 3.8) is 0 Å². The molecule has 0 saturated carbocycles. The Balaban J connectivity index is 0.000000807. The number of nitro groups is 1. The normalized spacial score (nSPS) is 9.71. The van der Waals surface area contributed by atoms with E-state index in [-0.39, 0.29) is 5.69 Å². The van der Waals surface area contributed by atoms with Gasteiger partial charge in [0.1, 0.15) is 5.69 Å². The van der Waals surface area contributed by atoms with E-state index in [1.165, 1.54) is 12.1 Å². The molecule has 0 bridgehead atoms. The van der Waals surface area contributed by atoms with E-state index in [2.05, 4.69) is 10.2 Å². The number of hydrogen-bond acceptors (Lipinski definition) is 4. The molecule has 0 atom stereocenters. The van der Waals surface area contributed by atoms with Crippen LogP contribution in [0.15, 0.2) is 78.9 Å². The standard InChI is InChI=1S/C20H16N5O2.2C2H6/c1-15-7-9-17(10-8-15)23-21-20(16-5-3-2-4-6-16)22-24(23)18-11-13-19(14-12-18)25(26)27;2*1-2/h2-14H,1H3;2*1-2H3/q+1;;. The van der Waals surface area contributed by atoms with Gasteiger partial charge < -0.3 is 0 Å². The van der Waals surface area contributed by atoms with Gasteiger partial charge in [0.25, 0.3) is 5.69 Å². The summed E-state index contributed by atoms with van der Waals surface area (Å²) in [6.45, 7) is 10.0. The highest BCUT2D eigenvalue weighted by atomic mass is 16.6. The fourth-order valence-electron chi connectivity index (χ4n) is 2.71. The molecule has 7 nitrogen and oxygen atoms in total. The molecule has 0 fully saturated rings. The summed E-state index contributed by atoms with van der Waals surface area (Å²) in [5, 5.41) is 20.2. The second-order valence-electron chi connectivity index (χ2n) is 6.08. The molecule has 4 aromatic rings. The van der Waals surface area contributed by atoms with Gasteiger partial charge in [-0.15, -0.1) is 0 Å². The molecule has 3 aromatic carbocycles. The minimum atomic E-state index is -0.422. The molecule has 0 spiro atoms. The van der Waals surface area contributed by atoms with Crippen molar-refractivity contribution in [2.75, 3.05) is 0 Å². The molecule has 0 saturated heterocycles. The molecule has 160 valence electrons. The van der Waals surface area contributed by atoms with Gasteiger partial charge in [-0.2, -0.15) is 0 Å². The number of aryl methyl sites for hydroxylation is 1. The van der Waals surface area contributed by atoms with E-state index < -0.39 is 4.92 Å². The van der Waals surface area contributed by atoms with Gasteiger partial charge in [0.15, 0.2) is 5.69 Å². The zero-order chi connectivity index (χ0) is 22.8. The van der Waals surface area contributed by atoms with Crippen molar-refractivity contribution in [3.8, 4) is 22.8 Å². The number of benzene rings is 3. The van der Waals surface area contributed by atoms with Gasteiger partial charge in [-0.25, -0.2) is 0 Å². The van der Waals surface area contributed by atoms with Gasteiger partial charge >= 0.3 is 5.82 Å². The molecule has 0 aliphatic carbocycles. The molecule has 4 rings (SSSR count). The summed E-state index contributed by atoms with van der Waals surface area (Å²) in [4.78, 5) is 13.8. The van der Waals surface area contributed by atoms with E-state index in [1.54, 1.807) is 21.7 Å². The Kier molecular flexibility index (Phi) is 8.57. The summed E-state index contributed by atoms with van der Waals surface area (Å²) in [7, 11) is 0. The highest BCUT2D eigenvalue weighted by Crippen LogP contribution is 2.16. The number of rotatable bonds is 4. The molecular weight excluding hydrogens is 390 g/mol. The van der Waals surface area contributed by atoms with Gasteiger partial charge in [0, 0.05) is 16.9 Å². The van der Waals surface area contributed by atoms with Crippen LogP contribution in [0.1, 0.15) is 33.3 Å². The fourth-order valence-corrected chi connectivity index (χ4v) is 2.71. The largest absolute Gasteiger partial charge is 0.340 e. The Morgan fingerprint density at radius 3 is 1.97 bits per heavy atom. The number of nitrogens with zero attached hydrogens (tertiary/aromatic N) is 5. The lowest BCUT2D eigenvalue weighted by Gasteiger charge is -2.00. The average molecular weight is 419 g/mol. The van der Waals surface area contributed by atoms with Crippen molar-refractivity contribution in [1.82, 2.24) is 15.0 Å². The summed E-state index contributed by atoms with van der Waals surface area (Å²) < 4.78 is 0. The predicted molar refractivity (Wildman–Crippen MR) is 122 cm³/mol. The minimum Gasteiger partial charge on any atom is -0.258 e. The van der Waals surface area contributed by atoms with Crippen molar-refractivity contribution in [2.45, 2.75) is 34.6 Å². The van der Waals surface area contributed by atoms with E-state index >= 15 is 0 Å². The lowest BCUT2D eigenvalue weighted by molar-refractivity contribution is -0.734. The summed E-state index contributed by atoms with van der Waals surface area (Å²) >= 11 is 0. The van der Waals surface area contributed by atoms with Gasteiger partial charge in [-0.05, 0) is 53.2 Å². The van der Waals surface area contributed by atoms with Crippen LogP contribution in [0.3, 0.4) is 0 Å². The molecule has 0 N–H and O–H groups in total. The molecule has 1 aromatic heterocycles. The van der Waals surface area contributed by atoms with Crippen LogP contribution in [0.4, 0.5) is 5.69 Å². The van der Waals surface area contributed by atoms with Crippen LogP contribution in [0.2, 0.25) is 0 Å². The quantitative estimate of drug-likeness (QED) is 0.250. The van der Waals surface area contributed by atoms with E-state index in [1.807, 2.05) is 89.2 Å². The van der Waals surface area contributed by atoms with E-state index in [9.17, 15) is 10.1 Å². The summed E-state index contributed by atoms with van der Waals surface area (Å²) in [5.74, 6) is 0.564. The zero-order valence-electron chi connectivity index (χ0n) is 18.6. The fraction of sp³-hybridized carbons (Fsp3) is 0.208. The predicted octanol–water partition coefficient (Wildman–Crippen LogP) is 5.48. The summed E-state index contributed by atoms with van der Waals surface area (Å²) in [6, 6.07) is 23.8. The first-order valence-electron chi connectivity index (χ1n) is 10.4. The average Bonchev–Trinajstić information content (AvgIpc) is 3.28. The number of hydrogen-bond donors (Lipinski definition) is 0. The van der Waals surface area contributed by atoms with Crippen LogP contribution in [-0.2, 0) is 0 Å². The monoisotopic (exact) mass is 418 g/mol. The molecule has 0 amide bonds. The first-order chi connectivity index (χ1) is 15.1. The highest BCUT2D eigenvalue weighted by molar-refractivity contribution is 5.53. The highest BCUT2D eigenvalue weighted by Gasteiger charge is 2.23. The van der Waals surface area contributed by atoms with Crippen LogP contribution in [0, 0.1) is 17.0 Å². The number of nitro benzene ring substituents is 1. The first-order valence-corrected chi connectivity index (χ1v) is 10.4. The maximum absolute atomic E-state index is 10.9. The van der Waals surface area contributed by atoms with Crippen LogP contribution in [-0.4, -0.2) is 19.9 Å². The summed E-state index contributed by atoms with van der Waals surface area (Å²) in [6.07, 6.45) is 0. The van der Waals surface area contributed by atoms with E-state index in [4.69, 9.17) is 0 Å². The van der Waals surface area contributed by atoms with Crippen LogP contribution >= 0.6 is 0 Å². The third kappa shape index (κ3) is 5.60. The molecule has 0 aliphatic heterocycles. The van der Waals surface area contributed by atoms with E-state index in [0.717, 1.165) is 16.8 Å². The second kappa shape index (κ2) is 11.3. The first kappa shape index (κ1) is 23.4. The molecular formula is C24H28N5O2+. The Bertz CT molecular complexity index is 1090. The zero-order valence-corrected chi connectivity index (χ0v) is 18.6. The lowest BCUT2D eigenvalue weighted by atomic mass is 10.2. The topological polar surface area (TPSA) is 77.7 Å². The SMILES string of the molecule is CC.CC.Cc1ccc(-n2nc(-c3ccccc3)n[n+]2-c2ccc([N+](=O)[O-])cc2)cc1. The van der Waals surface area contributed by atoms with Crippen molar-refractivity contribution in [2.24, 2.45) is 0 Å². The number of tetrazole rings is 1. The Morgan fingerprint density at radius 1 is 0.839 bits per heavy atom. The van der Waals surface area contributed by atoms with Crippen LogP contribution < -0.4 is 4.80 Å². The number of non-ortho nitro benzene ring substituents is 1. The summed E-state index contributed by atoms with van der Waals surface area (Å²) in [5.41, 5.74) is 3.58. The molecule has 31 heavy (non-hydrogen) atoms. The van der Waals surface area contributed by atoms with Crippen LogP contribution in [0.25, 0.3) is 22.8 Å². The van der Waals surface area contributed by atoms with Crippen molar-refractivity contribution in [3.05, 3.63) is 94.5 Å². The lowest BCUT2D eigenvalue weighted by Crippen LogP contribution is -2.43. The van der Waals surface area contributed by atoms with Gasteiger partial charge in [0.05, 0.1) is 15.6 Å². The second-order valence-corrected chi connectivity index (χ2v) is 6.08. The van der Waals surface area contributed by atoms with Crippen LogP contribution in [0.5, 0.6) is 0 Å². The molecule has 0 aliphatic rings.